The lowest BCUT2D eigenvalue weighted by Gasteiger charge is -2.21. The number of aliphatic hydroxyl groups is 1. The van der Waals surface area contributed by atoms with Crippen molar-refractivity contribution >= 4 is 10.0 Å². The lowest BCUT2D eigenvalue weighted by Crippen LogP contribution is -2.39. The molecule has 102 valence electrons. The molecular formula is C12H18FNO3S. The molecule has 4 nitrogen and oxygen atoms in total. The second-order valence-corrected chi connectivity index (χ2v) is 6.16. The van der Waals surface area contributed by atoms with Crippen LogP contribution in [0, 0.1) is 11.7 Å². The average molecular weight is 275 g/mol. The number of sulfonamides is 1. The predicted octanol–water partition coefficient (Wildman–Crippen LogP) is 1.51. The molecule has 1 aromatic carbocycles. The highest BCUT2D eigenvalue weighted by Gasteiger charge is 2.22. The maximum absolute atomic E-state index is 13.0. The summed E-state index contributed by atoms with van der Waals surface area (Å²) < 4.78 is 39.5. The summed E-state index contributed by atoms with van der Waals surface area (Å²) in [5, 5.41) is 8.90. The molecule has 0 aromatic heterocycles. The van der Waals surface area contributed by atoms with Gasteiger partial charge in [-0.1, -0.05) is 19.9 Å². The Morgan fingerprint density at radius 2 is 2.06 bits per heavy atom. The number of nitrogens with one attached hydrogen (secondary N) is 1. The summed E-state index contributed by atoms with van der Waals surface area (Å²) >= 11 is 0. The Labute approximate surface area is 107 Å². The molecule has 0 amide bonds. The molecule has 1 aromatic rings. The fraction of sp³-hybridized carbons (Fsp3) is 0.500. The lowest BCUT2D eigenvalue weighted by molar-refractivity contribution is 0.256. The van der Waals surface area contributed by atoms with E-state index < -0.39 is 15.8 Å². The zero-order valence-corrected chi connectivity index (χ0v) is 11.2. The van der Waals surface area contributed by atoms with E-state index in [4.69, 9.17) is 5.11 Å². The third-order valence-electron chi connectivity index (χ3n) is 2.66. The predicted molar refractivity (Wildman–Crippen MR) is 67.1 cm³/mol. The summed E-state index contributed by atoms with van der Waals surface area (Å²) in [5.41, 5.74) is 0. The minimum atomic E-state index is -3.75. The Morgan fingerprint density at radius 1 is 1.39 bits per heavy atom. The van der Waals surface area contributed by atoms with Gasteiger partial charge in [0.25, 0.3) is 0 Å². The van der Waals surface area contributed by atoms with E-state index in [1.54, 1.807) is 0 Å². The first-order valence-electron chi connectivity index (χ1n) is 5.75. The molecule has 0 aliphatic rings. The molecule has 0 fully saturated rings. The highest BCUT2D eigenvalue weighted by Crippen LogP contribution is 2.14. The van der Waals surface area contributed by atoms with Crippen LogP contribution in [0.3, 0.4) is 0 Å². The Kier molecular flexibility index (Phi) is 5.25. The molecule has 18 heavy (non-hydrogen) atoms. The van der Waals surface area contributed by atoms with Gasteiger partial charge >= 0.3 is 0 Å². The zero-order chi connectivity index (χ0) is 13.8. The molecule has 1 atom stereocenters. The van der Waals surface area contributed by atoms with Gasteiger partial charge in [0.2, 0.25) is 10.0 Å². The summed E-state index contributed by atoms with van der Waals surface area (Å²) in [6.45, 7) is 3.61. The summed E-state index contributed by atoms with van der Waals surface area (Å²) in [5.74, 6) is -0.554. The first-order chi connectivity index (χ1) is 8.36. The van der Waals surface area contributed by atoms with Crippen LogP contribution >= 0.6 is 0 Å². The summed E-state index contributed by atoms with van der Waals surface area (Å²) in [6.07, 6.45) is 0.326. The van der Waals surface area contributed by atoms with E-state index in [-0.39, 0.29) is 23.5 Å². The molecule has 0 heterocycles. The second-order valence-electron chi connectivity index (χ2n) is 4.44. The van der Waals surface area contributed by atoms with Gasteiger partial charge in [-0.05, 0) is 30.5 Å². The van der Waals surface area contributed by atoms with Crippen molar-refractivity contribution in [2.24, 2.45) is 5.92 Å². The van der Waals surface area contributed by atoms with E-state index in [2.05, 4.69) is 4.72 Å². The third-order valence-corrected chi connectivity index (χ3v) is 4.15. The maximum atomic E-state index is 13.0. The first-order valence-corrected chi connectivity index (χ1v) is 7.24. The van der Waals surface area contributed by atoms with E-state index in [1.807, 2.05) is 13.8 Å². The van der Waals surface area contributed by atoms with Gasteiger partial charge in [0, 0.05) is 12.6 Å². The van der Waals surface area contributed by atoms with Crippen molar-refractivity contribution in [3.8, 4) is 0 Å². The molecule has 1 rings (SSSR count). The Hall–Kier alpha value is -0.980. The number of rotatable bonds is 6. The van der Waals surface area contributed by atoms with Crippen LogP contribution in [0.5, 0.6) is 0 Å². The van der Waals surface area contributed by atoms with Crippen LogP contribution in [0.1, 0.15) is 20.3 Å². The van der Waals surface area contributed by atoms with E-state index in [9.17, 15) is 12.8 Å². The van der Waals surface area contributed by atoms with Crippen molar-refractivity contribution in [2.45, 2.75) is 31.2 Å². The maximum Gasteiger partial charge on any atom is 0.240 e. The lowest BCUT2D eigenvalue weighted by atomic mass is 10.0. The fourth-order valence-electron chi connectivity index (χ4n) is 1.57. The highest BCUT2D eigenvalue weighted by molar-refractivity contribution is 7.89. The van der Waals surface area contributed by atoms with Crippen LogP contribution in [0.25, 0.3) is 0 Å². The van der Waals surface area contributed by atoms with E-state index >= 15 is 0 Å². The number of halogens is 1. The zero-order valence-electron chi connectivity index (χ0n) is 10.4. The molecule has 0 radical (unpaired) electrons. The molecule has 0 saturated carbocycles. The van der Waals surface area contributed by atoms with Crippen LogP contribution in [0.15, 0.2) is 29.2 Å². The molecule has 0 spiro atoms. The van der Waals surface area contributed by atoms with Gasteiger partial charge in [0.1, 0.15) is 5.82 Å². The minimum absolute atomic E-state index is 0.0421. The van der Waals surface area contributed by atoms with Crippen molar-refractivity contribution in [2.75, 3.05) is 6.61 Å². The highest BCUT2D eigenvalue weighted by atomic mass is 32.2. The van der Waals surface area contributed by atoms with Crippen LogP contribution in [0.2, 0.25) is 0 Å². The summed E-state index contributed by atoms with van der Waals surface area (Å²) in [7, 11) is -3.75. The molecule has 1 unspecified atom stereocenters. The molecule has 0 bridgehead atoms. The Balaban J connectivity index is 2.93. The van der Waals surface area contributed by atoms with Gasteiger partial charge < -0.3 is 5.11 Å². The minimum Gasteiger partial charge on any atom is -0.396 e. The van der Waals surface area contributed by atoms with Gasteiger partial charge in [-0.25, -0.2) is 17.5 Å². The van der Waals surface area contributed by atoms with Crippen LogP contribution in [0.4, 0.5) is 4.39 Å². The number of hydrogen-bond donors (Lipinski definition) is 2. The smallest absolute Gasteiger partial charge is 0.240 e. The SMILES string of the molecule is CC(C)C(CCO)NS(=O)(=O)c1cccc(F)c1. The summed E-state index contributed by atoms with van der Waals surface area (Å²) in [4.78, 5) is -0.105. The van der Waals surface area contributed by atoms with Gasteiger partial charge in [0.15, 0.2) is 0 Å². The van der Waals surface area contributed by atoms with E-state index in [0.717, 1.165) is 6.07 Å². The van der Waals surface area contributed by atoms with Crippen molar-refractivity contribution < 1.29 is 17.9 Å². The van der Waals surface area contributed by atoms with Crippen LogP contribution < -0.4 is 4.72 Å². The van der Waals surface area contributed by atoms with Crippen molar-refractivity contribution in [1.29, 1.82) is 0 Å². The topological polar surface area (TPSA) is 66.4 Å². The van der Waals surface area contributed by atoms with Gasteiger partial charge in [-0.3, -0.25) is 0 Å². The molecule has 6 heteroatoms. The average Bonchev–Trinajstić information content (AvgIpc) is 2.28. The Bertz CT molecular complexity index is 488. The van der Waals surface area contributed by atoms with Gasteiger partial charge in [0.05, 0.1) is 4.90 Å². The number of aliphatic hydroxyl groups excluding tert-OH is 1. The monoisotopic (exact) mass is 275 g/mol. The first kappa shape index (κ1) is 15.1. The quantitative estimate of drug-likeness (QED) is 0.827. The van der Waals surface area contributed by atoms with Crippen LogP contribution in [-0.2, 0) is 10.0 Å². The van der Waals surface area contributed by atoms with Crippen molar-refractivity contribution in [3.63, 3.8) is 0 Å². The summed E-state index contributed by atoms with van der Waals surface area (Å²) in [6, 6.07) is 4.47. The molecule has 2 N–H and O–H groups in total. The molecule has 0 saturated heterocycles. The van der Waals surface area contributed by atoms with Crippen LogP contribution in [-0.4, -0.2) is 26.2 Å². The van der Waals surface area contributed by atoms with Gasteiger partial charge in [-0.15, -0.1) is 0 Å². The second kappa shape index (κ2) is 6.26. The van der Waals surface area contributed by atoms with E-state index in [0.29, 0.717) is 6.42 Å². The van der Waals surface area contributed by atoms with Gasteiger partial charge in [-0.2, -0.15) is 0 Å². The molecular weight excluding hydrogens is 257 g/mol. The Morgan fingerprint density at radius 3 is 2.56 bits per heavy atom. The fourth-order valence-corrected chi connectivity index (χ4v) is 3.02. The van der Waals surface area contributed by atoms with Crippen molar-refractivity contribution in [1.82, 2.24) is 4.72 Å². The third kappa shape index (κ3) is 4.04. The largest absolute Gasteiger partial charge is 0.396 e. The molecule has 0 aliphatic heterocycles. The van der Waals surface area contributed by atoms with Crippen molar-refractivity contribution in [3.05, 3.63) is 30.1 Å². The van der Waals surface area contributed by atoms with E-state index in [1.165, 1.54) is 18.2 Å². The molecule has 0 aliphatic carbocycles. The number of benzene rings is 1. The standard InChI is InChI=1S/C12H18FNO3S/c1-9(2)12(6-7-15)14-18(16,17)11-5-3-4-10(13)8-11/h3-5,8-9,12,14-15H,6-7H2,1-2H3. The number of hydrogen-bond acceptors (Lipinski definition) is 3. The normalized spacial score (nSPS) is 13.8.